The molecule has 0 unspecified atom stereocenters. The molecule has 4 heterocycles. The van der Waals surface area contributed by atoms with Gasteiger partial charge in [-0.1, -0.05) is 24.3 Å². The number of amides is 1. The van der Waals surface area contributed by atoms with Gasteiger partial charge in [-0.05, 0) is 30.3 Å². The average molecular weight is 483 g/mol. The van der Waals surface area contributed by atoms with Crippen molar-refractivity contribution in [1.82, 2.24) is 24.2 Å². The van der Waals surface area contributed by atoms with Crippen LogP contribution >= 0.6 is 0 Å². The molecule has 0 bridgehead atoms. The molecule has 1 aromatic carbocycles. The maximum absolute atomic E-state index is 13.1. The van der Waals surface area contributed by atoms with Gasteiger partial charge in [0.2, 0.25) is 0 Å². The largest absolute Gasteiger partial charge is 0.490 e. The first-order chi connectivity index (χ1) is 16.6. The fourth-order valence-electron chi connectivity index (χ4n) is 3.68. The van der Waals surface area contributed by atoms with Crippen LogP contribution in [-0.4, -0.2) is 47.4 Å². The molecule has 1 aliphatic rings. The minimum atomic E-state index is -5.08. The molecule has 0 saturated heterocycles. The molecule has 1 aliphatic heterocycles. The van der Waals surface area contributed by atoms with Crippen molar-refractivity contribution in [3.05, 3.63) is 90.1 Å². The number of halogens is 3. The van der Waals surface area contributed by atoms with Gasteiger partial charge in [0, 0.05) is 42.5 Å². The Bertz CT molecular complexity index is 1350. The second-order valence-electron chi connectivity index (χ2n) is 7.75. The predicted octanol–water partition coefficient (Wildman–Crippen LogP) is 4.06. The number of aromatic nitrogens is 4. The molecule has 1 N–H and O–H groups in total. The molecular weight excluding hydrogens is 463 g/mol. The van der Waals surface area contributed by atoms with Gasteiger partial charge in [0.15, 0.2) is 0 Å². The predicted molar refractivity (Wildman–Crippen MR) is 119 cm³/mol. The summed E-state index contributed by atoms with van der Waals surface area (Å²) in [5.41, 5.74) is 5.55. The molecule has 0 aliphatic carbocycles. The number of hydrogen-bond donors (Lipinski definition) is 1. The lowest BCUT2D eigenvalue weighted by Gasteiger charge is -2.21. The first kappa shape index (κ1) is 23.7. The number of aryl methyl sites for hydroxylation is 1. The summed E-state index contributed by atoms with van der Waals surface area (Å²) in [6, 6.07) is 17.5. The molecule has 0 radical (unpaired) electrons. The lowest BCUT2D eigenvalue weighted by atomic mass is 10.1. The highest BCUT2D eigenvalue weighted by Gasteiger charge is 2.38. The van der Waals surface area contributed by atoms with Gasteiger partial charge >= 0.3 is 12.1 Å². The van der Waals surface area contributed by atoms with Crippen LogP contribution in [0.5, 0.6) is 0 Å². The summed E-state index contributed by atoms with van der Waals surface area (Å²) in [7, 11) is 2.00. The monoisotopic (exact) mass is 483 g/mol. The molecule has 8 nitrogen and oxygen atoms in total. The van der Waals surface area contributed by atoms with E-state index in [0.29, 0.717) is 18.8 Å². The third-order valence-corrected chi connectivity index (χ3v) is 5.38. The Hall–Kier alpha value is -4.41. The molecule has 35 heavy (non-hydrogen) atoms. The highest BCUT2D eigenvalue weighted by molar-refractivity contribution is 5.92. The fraction of sp³-hybridized carbons (Fsp3) is 0.167. The van der Waals surface area contributed by atoms with Gasteiger partial charge in [0.1, 0.15) is 5.69 Å². The smallest absolute Gasteiger partial charge is 0.475 e. The molecule has 5 rings (SSSR count). The summed E-state index contributed by atoms with van der Waals surface area (Å²) >= 11 is 0. The Morgan fingerprint density at radius 3 is 2.31 bits per heavy atom. The molecule has 0 spiro atoms. The molecule has 3 aromatic heterocycles. The third kappa shape index (κ3) is 5.08. The maximum Gasteiger partial charge on any atom is 0.490 e. The number of nitrogens with zero attached hydrogens (tertiary/aromatic N) is 5. The summed E-state index contributed by atoms with van der Waals surface area (Å²) < 4.78 is 35.7. The Labute approximate surface area is 197 Å². The van der Waals surface area contributed by atoms with Crippen LogP contribution in [0.2, 0.25) is 0 Å². The van der Waals surface area contributed by atoms with Crippen molar-refractivity contribution >= 4 is 11.9 Å². The number of pyridine rings is 1. The van der Waals surface area contributed by atoms with Crippen LogP contribution in [0, 0.1) is 0 Å². The van der Waals surface area contributed by atoms with Crippen molar-refractivity contribution < 1.29 is 27.9 Å². The zero-order valence-electron chi connectivity index (χ0n) is 18.5. The summed E-state index contributed by atoms with van der Waals surface area (Å²) in [5.74, 6) is -2.83. The molecule has 0 fully saturated rings. The van der Waals surface area contributed by atoms with Gasteiger partial charge < -0.3 is 14.6 Å². The SMILES string of the molecule is Cn1ccc2c1CN(C(=O)c1ccccn1)Cc1cn(-c3ccccc3)nc1-2.O=C(O)C(F)(F)F. The van der Waals surface area contributed by atoms with E-state index in [-0.39, 0.29) is 5.91 Å². The van der Waals surface area contributed by atoms with Crippen molar-refractivity contribution in [3.8, 4) is 16.9 Å². The van der Waals surface area contributed by atoms with Crippen LogP contribution in [0.25, 0.3) is 16.9 Å². The van der Waals surface area contributed by atoms with Gasteiger partial charge in [0.05, 0.1) is 24.5 Å². The molecule has 180 valence electrons. The van der Waals surface area contributed by atoms with E-state index < -0.39 is 12.1 Å². The number of carboxylic acid groups (broad SMARTS) is 1. The van der Waals surface area contributed by atoms with Gasteiger partial charge in [0.25, 0.3) is 5.91 Å². The summed E-state index contributed by atoms with van der Waals surface area (Å²) in [6.07, 6.45) is 0.605. The number of aliphatic carboxylic acids is 1. The Balaban J connectivity index is 0.000000364. The molecule has 0 atom stereocenters. The number of rotatable bonds is 2. The summed E-state index contributed by atoms with van der Waals surface area (Å²) in [5, 5.41) is 12.0. The van der Waals surface area contributed by atoms with E-state index in [1.165, 1.54) is 0 Å². The van der Waals surface area contributed by atoms with Crippen molar-refractivity contribution in [1.29, 1.82) is 0 Å². The lowest BCUT2D eigenvalue weighted by Crippen LogP contribution is -2.30. The van der Waals surface area contributed by atoms with E-state index in [0.717, 1.165) is 28.2 Å². The maximum atomic E-state index is 13.1. The number of carbonyl (C=O) groups excluding carboxylic acids is 1. The van der Waals surface area contributed by atoms with Crippen LogP contribution < -0.4 is 0 Å². The van der Waals surface area contributed by atoms with Crippen molar-refractivity contribution in [2.45, 2.75) is 19.3 Å². The number of hydrogen-bond acceptors (Lipinski definition) is 4. The van der Waals surface area contributed by atoms with Crippen molar-refractivity contribution in [2.24, 2.45) is 7.05 Å². The zero-order valence-corrected chi connectivity index (χ0v) is 18.5. The number of para-hydroxylation sites is 1. The van der Waals surface area contributed by atoms with Gasteiger partial charge in [-0.15, -0.1) is 0 Å². The minimum absolute atomic E-state index is 0.0759. The summed E-state index contributed by atoms with van der Waals surface area (Å²) in [4.78, 5) is 28.1. The van der Waals surface area contributed by atoms with Crippen molar-refractivity contribution in [2.75, 3.05) is 0 Å². The van der Waals surface area contributed by atoms with Gasteiger partial charge in [-0.2, -0.15) is 18.3 Å². The number of carbonyl (C=O) groups is 2. The Morgan fingerprint density at radius 2 is 1.69 bits per heavy atom. The van der Waals surface area contributed by atoms with Crippen LogP contribution in [-0.2, 0) is 24.9 Å². The number of benzene rings is 1. The van der Waals surface area contributed by atoms with Crippen LogP contribution in [0.15, 0.2) is 73.2 Å². The molecule has 1 amide bonds. The Morgan fingerprint density at radius 1 is 1.00 bits per heavy atom. The van der Waals surface area contributed by atoms with E-state index in [2.05, 4.69) is 15.6 Å². The zero-order chi connectivity index (χ0) is 25.2. The Kier molecular flexibility index (Phi) is 6.41. The third-order valence-electron chi connectivity index (χ3n) is 5.38. The standard InChI is InChI=1S/C22H19N5O.C2HF3O2/c1-25-12-10-18-20(25)15-26(22(28)19-9-5-6-11-23-19)13-16-14-27(24-21(16)18)17-7-3-2-4-8-17;3-2(4,5)1(6)7/h2-12,14H,13,15H2,1H3;(H,6,7). The molecule has 11 heteroatoms. The average Bonchev–Trinajstić information content (AvgIpc) is 3.38. The fourth-order valence-corrected chi connectivity index (χ4v) is 3.68. The van der Waals surface area contributed by atoms with Gasteiger partial charge in [-0.25, -0.2) is 9.48 Å². The van der Waals surface area contributed by atoms with E-state index in [4.69, 9.17) is 15.0 Å². The number of fused-ring (bicyclic) bond motifs is 3. The highest BCUT2D eigenvalue weighted by atomic mass is 19.4. The minimum Gasteiger partial charge on any atom is -0.475 e. The molecular formula is C24H20F3N5O3. The summed E-state index contributed by atoms with van der Waals surface area (Å²) in [6.45, 7) is 1.02. The number of alkyl halides is 3. The second-order valence-corrected chi connectivity index (χ2v) is 7.75. The quantitative estimate of drug-likeness (QED) is 0.464. The number of carboxylic acids is 1. The first-order valence-corrected chi connectivity index (χ1v) is 10.4. The van der Waals surface area contributed by atoms with Gasteiger partial charge in [-0.3, -0.25) is 9.78 Å². The van der Waals surface area contributed by atoms with E-state index in [1.807, 2.05) is 71.5 Å². The van der Waals surface area contributed by atoms with Crippen LogP contribution in [0.3, 0.4) is 0 Å². The van der Waals surface area contributed by atoms with Crippen molar-refractivity contribution in [3.63, 3.8) is 0 Å². The molecule has 4 aromatic rings. The van der Waals surface area contributed by atoms with E-state index in [9.17, 15) is 18.0 Å². The molecule has 0 saturated carbocycles. The van der Waals surface area contributed by atoms with Crippen LogP contribution in [0.1, 0.15) is 21.7 Å². The topological polar surface area (TPSA) is 93.3 Å². The highest BCUT2D eigenvalue weighted by Crippen LogP contribution is 2.33. The first-order valence-electron chi connectivity index (χ1n) is 10.4. The van der Waals surface area contributed by atoms with Crippen LogP contribution in [0.4, 0.5) is 13.2 Å². The second kappa shape index (κ2) is 9.45. The lowest BCUT2D eigenvalue weighted by molar-refractivity contribution is -0.192. The van der Waals surface area contributed by atoms with E-state index >= 15 is 0 Å². The van der Waals surface area contributed by atoms with E-state index in [1.54, 1.807) is 12.3 Å². The normalized spacial score (nSPS) is 12.6.